The van der Waals surface area contributed by atoms with Crippen molar-refractivity contribution in [3.8, 4) is 0 Å². The van der Waals surface area contributed by atoms with E-state index in [9.17, 15) is 18.7 Å². The maximum atomic E-state index is 13.2. The first-order valence-electron chi connectivity index (χ1n) is 5.67. The maximum absolute atomic E-state index is 13.2. The molecule has 1 saturated carbocycles. The summed E-state index contributed by atoms with van der Waals surface area (Å²) in [6, 6.07) is -0.950. The van der Waals surface area contributed by atoms with Crippen LogP contribution in [0, 0.1) is 0 Å². The highest BCUT2D eigenvalue weighted by Gasteiger charge is 2.46. The minimum atomic E-state index is -3.14. The van der Waals surface area contributed by atoms with Crippen LogP contribution in [0.1, 0.15) is 40.0 Å². The SMILES string of the molecule is CC(C)(C)OC(=O)NC1CCCC(F)(F)[C@H]1O. The van der Waals surface area contributed by atoms with Crippen LogP contribution >= 0.6 is 0 Å². The predicted octanol–water partition coefficient (Wildman–Crippen LogP) is 2.06. The van der Waals surface area contributed by atoms with Gasteiger partial charge in [0.1, 0.15) is 11.7 Å². The second kappa shape index (κ2) is 4.76. The third-order valence-electron chi connectivity index (χ3n) is 2.54. The number of carbonyl (C=O) groups is 1. The first-order chi connectivity index (χ1) is 7.62. The van der Waals surface area contributed by atoms with Gasteiger partial charge in [0.05, 0.1) is 6.04 Å². The number of carbonyl (C=O) groups excluding carboxylic acids is 1. The molecule has 0 spiro atoms. The van der Waals surface area contributed by atoms with E-state index in [0.29, 0.717) is 6.42 Å². The maximum Gasteiger partial charge on any atom is 0.407 e. The van der Waals surface area contributed by atoms with E-state index < -0.39 is 29.8 Å². The van der Waals surface area contributed by atoms with Gasteiger partial charge in [-0.1, -0.05) is 0 Å². The number of hydrogen-bond acceptors (Lipinski definition) is 3. The average molecular weight is 251 g/mol. The molecule has 17 heavy (non-hydrogen) atoms. The van der Waals surface area contributed by atoms with E-state index >= 15 is 0 Å². The molecule has 1 aliphatic carbocycles. The highest BCUT2D eigenvalue weighted by Crippen LogP contribution is 2.33. The standard InChI is InChI=1S/C11H19F2NO3/c1-10(2,3)17-9(16)14-7-5-4-6-11(12,13)8(7)15/h7-8,15H,4-6H2,1-3H3,(H,14,16)/t7?,8-/m0/s1. The molecule has 1 fully saturated rings. The van der Waals surface area contributed by atoms with Crippen molar-refractivity contribution < 1.29 is 23.4 Å². The smallest absolute Gasteiger partial charge is 0.407 e. The lowest BCUT2D eigenvalue weighted by molar-refractivity contribution is -0.142. The zero-order valence-electron chi connectivity index (χ0n) is 10.3. The normalized spacial score (nSPS) is 28.6. The monoisotopic (exact) mass is 251 g/mol. The Hall–Kier alpha value is -0.910. The lowest BCUT2D eigenvalue weighted by atomic mass is 9.89. The molecule has 4 nitrogen and oxygen atoms in total. The van der Waals surface area contributed by atoms with Crippen LogP contribution in [-0.4, -0.2) is 34.9 Å². The van der Waals surface area contributed by atoms with Crippen LogP contribution < -0.4 is 5.32 Å². The van der Waals surface area contributed by atoms with Gasteiger partial charge in [-0.3, -0.25) is 0 Å². The number of ether oxygens (including phenoxy) is 1. The van der Waals surface area contributed by atoms with Crippen LogP contribution in [0.25, 0.3) is 0 Å². The van der Waals surface area contributed by atoms with Crippen LogP contribution in [0.4, 0.5) is 13.6 Å². The van der Waals surface area contributed by atoms with E-state index in [1.54, 1.807) is 20.8 Å². The summed E-state index contributed by atoms with van der Waals surface area (Å²) in [7, 11) is 0. The van der Waals surface area contributed by atoms with E-state index in [1.807, 2.05) is 0 Å². The summed E-state index contributed by atoms with van der Waals surface area (Å²) < 4.78 is 31.3. The first kappa shape index (κ1) is 14.2. The molecule has 1 aliphatic rings. The molecular weight excluding hydrogens is 232 g/mol. The fourth-order valence-corrected chi connectivity index (χ4v) is 1.77. The van der Waals surface area contributed by atoms with E-state index in [-0.39, 0.29) is 12.8 Å². The lowest BCUT2D eigenvalue weighted by Gasteiger charge is -2.35. The summed E-state index contributed by atoms with van der Waals surface area (Å²) in [4.78, 5) is 11.4. The van der Waals surface area contributed by atoms with Crippen molar-refractivity contribution in [3.05, 3.63) is 0 Å². The highest BCUT2D eigenvalue weighted by atomic mass is 19.3. The van der Waals surface area contributed by atoms with Gasteiger partial charge in [-0.05, 0) is 33.6 Å². The van der Waals surface area contributed by atoms with Gasteiger partial charge in [0.2, 0.25) is 0 Å². The van der Waals surface area contributed by atoms with Gasteiger partial charge in [0, 0.05) is 6.42 Å². The molecule has 1 amide bonds. The van der Waals surface area contributed by atoms with Crippen molar-refractivity contribution in [3.63, 3.8) is 0 Å². The molecule has 0 heterocycles. The molecule has 0 aliphatic heterocycles. The zero-order valence-corrected chi connectivity index (χ0v) is 10.3. The Balaban J connectivity index is 2.54. The van der Waals surface area contributed by atoms with Crippen molar-refractivity contribution in [1.82, 2.24) is 5.32 Å². The van der Waals surface area contributed by atoms with Crippen molar-refractivity contribution in [2.24, 2.45) is 0 Å². The van der Waals surface area contributed by atoms with Gasteiger partial charge in [0.15, 0.2) is 0 Å². The van der Waals surface area contributed by atoms with E-state index in [2.05, 4.69) is 5.32 Å². The molecule has 2 atom stereocenters. The second-order valence-corrected chi connectivity index (χ2v) is 5.35. The Bertz CT molecular complexity index is 289. The zero-order chi connectivity index (χ0) is 13.3. The van der Waals surface area contributed by atoms with E-state index in [0.717, 1.165) is 0 Å². The number of alkyl halides is 2. The molecule has 0 radical (unpaired) electrons. The topological polar surface area (TPSA) is 58.6 Å². The number of aliphatic hydroxyl groups is 1. The Morgan fingerprint density at radius 1 is 1.47 bits per heavy atom. The molecule has 0 saturated heterocycles. The third kappa shape index (κ3) is 4.11. The minimum Gasteiger partial charge on any atom is -0.444 e. The van der Waals surface area contributed by atoms with Crippen molar-refractivity contribution in [1.29, 1.82) is 0 Å². The fourth-order valence-electron chi connectivity index (χ4n) is 1.77. The Kier molecular flexibility index (Phi) is 3.96. The van der Waals surface area contributed by atoms with E-state index in [1.165, 1.54) is 0 Å². The first-order valence-corrected chi connectivity index (χ1v) is 5.67. The quantitative estimate of drug-likeness (QED) is 0.750. The molecule has 100 valence electrons. The number of halogens is 2. The van der Waals surface area contributed by atoms with Gasteiger partial charge in [-0.15, -0.1) is 0 Å². The lowest BCUT2D eigenvalue weighted by Crippen LogP contribution is -2.54. The van der Waals surface area contributed by atoms with Gasteiger partial charge in [-0.2, -0.15) is 0 Å². The number of alkyl carbamates (subject to hydrolysis) is 1. The largest absolute Gasteiger partial charge is 0.444 e. The molecule has 1 unspecified atom stereocenters. The fraction of sp³-hybridized carbons (Fsp3) is 0.909. The Morgan fingerprint density at radius 3 is 2.59 bits per heavy atom. The molecule has 0 aromatic heterocycles. The minimum absolute atomic E-state index is 0.268. The average Bonchev–Trinajstić information content (AvgIpc) is 2.09. The van der Waals surface area contributed by atoms with Crippen molar-refractivity contribution in [2.45, 2.75) is 63.7 Å². The van der Waals surface area contributed by atoms with Crippen molar-refractivity contribution >= 4 is 6.09 Å². The molecule has 1 rings (SSSR count). The number of rotatable bonds is 1. The third-order valence-corrected chi connectivity index (χ3v) is 2.54. The molecule has 2 N–H and O–H groups in total. The highest BCUT2D eigenvalue weighted by molar-refractivity contribution is 5.68. The van der Waals surface area contributed by atoms with Crippen LogP contribution in [0.5, 0.6) is 0 Å². The summed E-state index contributed by atoms with van der Waals surface area (Å²) in [6.45, 7) is 5.04. The molecule has 6 heteroatoms. The van der Waals surface area contributed by atoms with Gasteiger partial charge in [0.25, 0.3) is 5.92 Å². The molecule has 0 aromatic carbocycles. The summed E-state index contributed by atoms with van der Waals surface area (Å²) in [6.07, 6.45) is -2.37. The summed E-state index contributed by atoms with van der Waals surface area (Å²) in [5, 5.41) is 11.7. The summed E-state index contributed by atoms with van der Waals surface area (Å²) in [5.41, 5.74) is -0.688. The predicted molar refractivity (Wildman–Crippen MR) is 58.0 cm³/mol. The van der Waals surface area contributed by atoms with Gasteiger partial charge in [-0.25, -0.2) is 13.6 Å². The Labute approximate surface area is 99.3 Å². The van der Waals surface area contributed by atoms with Crippen LogP contribution in [0.15, 0.2) is 0 Å². The molecular formula is C11H19F2NO3. The Morgan fingerprint density at radius 2 is 2.06 bits per heavy atom. The van der Waals surface area contributed by atoms with Crippen LogP contribution in [0.2, 0.25) is 0 Å². The summed E-state index contributed by atoms with van der Waals surface area (Å²) in [5.74, 6) is -3.14. The van der Waals surface area contributed by atoms with E-state index in [4.69, 9.17) is 4.74 Å². The van der Waals surface area contributed by atoms with Gasteiger partial charge >= 0.3 is 6.09 Å². The number of hydrogen-bond donors (Lipinski definition) is 2. The number of nitrogens with one attached hydrogen (secondary N) is 1. The summed E-state index contributed by atoms with van der Waals surface area (Å²) >= 11 is 0. The second-order valence-electron chi connectivity index (χ2n) is 5.35. The van der Waals surface area contributed by atoms with Crippen molar-refractivity contribution in [2.75, 3.05) is 0 Å². The molecule has 0 bridgehead atoms. The van der Waals surface area contributed by atoms with Crippen LogP contribution in [-0.2, 0) is 4.74 Å². The van der Waals surface area contributed by atoms with Crippen LogP contribution in [0.3, 0.4) is 0 Å². The van der Waals surface area contributed by atoms with Gasteiger partial charge < -0.3 is 15.2 Å². The number of amides is 1. The number of aliphatic hydroxyl groups excluding tert-OH is 1. The molecule has 0 aromatic rings.